The summed E-state index contributed by atoms with van der Waals surface area (Å²) in [6.07, 6.45) is -0.525. The largest absolute Gasteiger partial charge is 0.495 e. The van der Waals surface area contributed by atoms with Gasteiger partial charge >= 0.3 is 6.09 Å². The predicted molar refractivity (Wildman–Crippen MR) is 90.1 cm³/mol. The van der Waals surface area contributed by atoms with Crippen molar-refractivity contribution in [3.63, 3.8) is 0 Å². The Labute approximate surface area is 141 Å². The van der Waals surface area contributed by atoms with E-state index in [9.17, 15) is 9.59 Å². The molecular formula is C16H23ClN2O4. The average molecular weight is 343 g/mol. The number of likely N-dealkylation sites (N-methyl/N-ethyl adjacent to an activating group) is 1. The second-order valence-corrected chi connectivity index (χ2v) is 6.30. The third-order valence-electron chi connectivity index (χ3n) is 2.80. The van der Waals surface area contributed by atoms with E-state index in [1.807, 2.05) is 0 Å². The van der Waals surface area contributed by atoms with Gasteiger partial charge in [0, 0.05) is 12.2 Å². The zero-order valence-corrected chi connectivity index (χ0v) is 14.9. The van der Waals surface area contributed by atoms with Gasteiger partial charge in [0.05, 0.1) is 12.1 Å². The molecule has 0 spiro atoms. The van der Waals surface area contributed by atoms with E-state index in [2.05, 4.69) is 5.32 Å². The van der Waals surface area contributed by atoms with E-state index in [0.717, 1.165) is 0 Å². The summed E-state index contributed by atoms with van der Waals surface area (Å²) in [5.74, 6) is 0.188. The highest BCUT2D eigenvalue weighted by molar-refractivity contribution is 6.32. The minimum atomic E-state index is -0.607. The summed E-state index contributed by atoms with van der Waals surface area (Å²) in [7, 11) is 1.51. The summed E-state index contributed by atoms with van der Waals surface area (Å²) < 4.78 is 10.3. The van der Waals surface area contributed by atoms with Crippen LogP contribution in [0, 0.1) is 0 Å². The lowest BCUT2D eigenvalue weighted by Crippen LogP contribution is -2.41. The van der Waals surface area contributed by atoms with E-state index in [0.29, 0.717) is 23.0 Å². The lowest BCUT2D eigenvalue weighted by molar-refractivity contribution is -0.117. The molecule has 1 aromatic carbocycles. The summed E-state index contributed by atoms with van der Waals surface area (Å²) in [5.41, 5.74) is -0.0779. The van der Waals surface area contributed by atoms with Gasteiger partial charge < -0.3 is 14.8 Å². The molecule has 2 amide bonds. The Kier molecular flexibility index (Phi) is 6.69. The monoisotopic (exact) mass is 342 g/mol. The maximum absolute atomic E-state index is 12.1. The number of anilines is 1. The van der Waals surface area contributed by atoms with Crippen molar-refractivity contribution < 1.29 is 19.1 Å². The third-order valence-corrected chi connectivity index (χ3v) is 3.10. The molecule has 0 unspecified atom stereocenters. The summed E-state index contributed by atoms with van der Waals surface area (Å²) in [5, 5.41) is 3.08. The maximum Gasteiger partial charge on any atom is 0.410 e. The molecule has 0 fully saturated rings. The molecule has 0 saturated heterocycles. The molecular weight excluding hydrogens is 320 g/mol. The fraction of sp³-hybridized carbons (Fsp3) is 0.500. The Morgan fingerprint density at radius 3 is 2.43 bits per heavy atom. The van der Waals surface area contributed by atoms with Crippen LogP contribution in [0.3, 0.4) is 0 Å². The Morgan fingerprint density at radius 1 is 1.30 bits per heavy atom. The molecule has 0 radical (unpaired) electrons. The van der Waals surface area contributed by atoms with Crippen molar-refractivity contribution in [2.24, 2.45) is 0 Å². The Balaban J connectivity index is 2.67. The first-order valence-corrected chi connectivity index (χ1v) is 7.65. The van der Waals surface area contributed by atoms with Gasteiger partial charge in [0.1, 0.15) is 17.9 Å². The van der Waals surface area contributed by atoms with Crippen LogP contribution in [0.25, 0.3) is 0 Å². The van der Waals surface area contributed by atoms with Crippen molar-refractivity contribution >= 4 is 29.3 Å². The number of benzene rings is 1. The van der Waals surface area contributed by atoms with E-state index in [1.54, 1.807) is 45.9 Å². The van der Waals surface area contributed by atoms with Gasteiger partial charge in [-0.05, 0) is 45.9 Å². The van der Waals surface area contributed by atoms with Gasteiger partial charge in [-0.3, -0.25) is 9.69 Å². The Hall–Kier alpha value is -1.95. The highest BCUT2D eigenvalue weighted by Crippen LogP contribution is 2.27. The molecule has 0 aliphatic rings. The molecule has 23 heavy (non-hydrogen) atoms. The Bertz CT molecular complexity index is 570. The summed E-state index contributed by atoms with van der Waals surface area (Å²) in [6, 6.07) is 4.91. The van der Waals surface area contributed by atoms with E-state index in [-0.39, 0.29) is 12.5 Å². The molecule has 1 aromatic rings. The number of carbonyl (C=O) groups excluding carboxylic acids is 2. The highest BCUT2D eigenvalue weighted by Gasteiger charge is 2.22. The number of methoxy groups -OCH3 is 1. The number of carbonyl (C=O) groups is 2. The van der Waals surface area contributed by atoms with Crippen molar-refractivity contribution in [3.8, 4) is 5.75 Å². The van der Waals surface area contributed by atoms with Crippen molar-refractivity contribution in [3.05, 3.63) is 23.2 Å². The minimum Gasteiger partial charge on any atom is -0.495 e. The average Bonchev–Trinajstić information content (AvgIpc) is 2.43. The van der Waals surface area contributed by atoms with Crippen LogP contribution in [0.15, 0.2) is 18.2 Å². The quantitative estimate of drug-likeness (QED) is 0.888. The van der Waals surface area contributed by atoms with Crippen LogP contribution in [0.5, 0.6) is 5.75 Å². The fourth-order valence-corrected chi connectivity index (χ4v) is 2.01. The zero-order chi connectivity index (χ0) is 17.6. The van der Waals surface area contributed by atoms with Gasteiger partial charge in [-0.2, -0.15) is 0 Å². The molecule has 6 nitrogen and oxygen atoms in total. The second kappa shape index (κ2) is 8.06. The van der Waals surface area contributed by atoms with Crippen molar-refractivity contribution in [2.45, 2.75) is 33.3 Å². The van der Waals surface area contributed by atoms with Crippen LogP contribution >= 0.6 is 11.6 Å². The predicted octanol–water partition coefficient (Wildman–Crippen LogP) is 3.54. The fourth-order valence-electron chi connectivity index (χ4n) is 1.75. The number of nitrogens with one attached hydrogen (secondary N) is 1. The molecule has 0 aromatic heterocycles. The van der Waals surface area contributed by atoms with E-state index in [4.69, 9.17) is 21.1 Å². The van der Waals surface area contributed by atoms with E-state index in [1.165, 1.54) is 12.0 Å². The lowest BCUT2D eigenvalue weighted by Gasteiger charge is -2.26. The Morgan fingerprint density at radius 2 is 1.96 bits per heavy atom. The van der Waals surface area contributed by atoms with Crippen LogP contribution in [0.2, 0.25) is 5.02 Å². The summed E-state index contributed by atoms with van der Waals surface area (Å²) in [6.45, 7) is 7.37. The topological polar surface area (TPSA) is 67.9 Å². The molecule has 7 heteroatoms. The molecule has 128 valence electrons. The third kappa shape index (κ3) is 6.36. The van der Waals surface area contributed by atoms with Gasteiger partial charge in [-0.25, -0.2) is 4.79 Å². The summed E-state index contributed by atoms with van der Waals surface area (Å²) in [4.78, 5) is 25.4. The molecule has 1 rings (SSSR count). The number of hydrogen-bond acceptors (Lipinski definition) is 4. The number of rotatable bonds is 5. The zero-order valence-electron chi connectivity index (χ0n) is 14.1. The number of ether oxygens (including phenoxy) is 2. The smallest absolute Gasteiger partial charge is 0.410 e. The van der Waals surface area contributed by atoms with Crippen molar-refractivity contribution in [1.29, 1.82) is 0 Å². The van der Waals surface area contributed by atoms with Crippen LogP contribution in [-0.2, 0) is 9.53 Å². The van der Waals surface area contributed by atoms with Gasteiger partial charge in [0.2, 0.25) is 5.91 Å². The minimum absolute atomic E-state index is 0.102. The van der Waals surface area contributed by atoms with Crippen molar-refractivity contribution in [2.75, 3.05) is 25.5 Å². The van der Waals surface area contributed by atoms with E-state index < -0.39 is 11.7 Å². The highest BCUT2D eigenvalue weighted by atomic mass is 35.5. The van der Waals surface area contributed by atoms with Crippen LogP contribution in [0.4, 0.5) is 10.5 Å². The first-order chi connectivity index (χ1) is 10.7. The van der Waals surface area contributed by atoms with Gasteiger partial charge in [0.25, 0.3) is 0 Å². The standard InChI is InChI=1S/C16H23ClN2O4/c1-6-19(15(21)23-16(2,3)4)10-14(20)18-11-7-8-13(22-5)12(17)9-11/h7-9H,6,10H2,1-5H3,(H,18,20). The SMILES string of the molecule is CCN(CC(=O)Nc1ccc(OC)c(Cl)c1)C(=O)OC(C)(C)C. The lowest BCUT2D eigenvalue weighted by atomic mass is 10.2. The number of hydrogen-bond donors (Lipinski definition) is 1. The maximum atomic E-state index is 12.1. The molecule has 0 atom stereocenters. The molecule has 1 N–H and O–H groups in total. The van der Waals surface area contributed by atoms with E-state index >= 15 is 0 Å². The van der Waals surface area contributed by atoms with Crippen molar-refractivity contribution in [1.82, 2.24) is 4.90 Å². The molecule has 0 aliphatic carbocycles. The number of halogens is 1. The van der Waals surface area contributed by atoms with Gasteiger partial charge in [-0.1, -0.05) is 11.6 Å². The number of nitrogens with zero attached hydrogens (tertiary/aromatic N) is 1. The first kappa shape index (κ1) is 19.1. The van der Waals surface area contributed by atoms with Gasteiger partial charge in [-0.15, -0.1) is 0 Å². The first-order valence-electron chi connectivity index (χ1n) is 7.27. The van der Waals surface area contributed by atoms with Gasteiger partial charge in [0.15, 0.2) is 0 Å². The normalized spacial score (nSPS) is 10.9. The molecule has 0 bridgehead atoms. The molecule has 0 heterocycles. The van der Waals surface area contributed by atoms with Crippen LogP contribution in [-0.4, -0.2) is 42.7 Å². The molecule has 0 saturated carbocycles. The number of amides is 2. The van der Waals surface area contributed by atoms with Crippen LogP contribution < -0.4 is 10.1 Å². The molecule has 0 aliphatic heterocycles. The second-order valence-electron chi connectivity index (χ2n) is 5.89. The van der Waals surface area contributed by atoms with Crippen LogP contribution in [0.1, 0.15) is 27.7 Å². The summed E-state index contributed by atoms with van der Waals surface area (Å²) >= 11 is 6.01.